The van der Waals surface area contributed by atoms with Crippen molar-refractivity contribution in [2.75, 3.05) is 7.05 Å². The first kappa shape index (κ1) is 17.2. The average Bonchev–Trinajstić information content (AvgIpc) is 2.80. The van der Waals surface area contributed by atoms with Gasteiger partial charge in [-0.1, -0.05) is 40.2 Å². The monoisotopic (exact) mass is 497 g/mol. The SMILES string of the molecule is CN1C(=O)C(=O)/C(=C(/O)c2ccc(Br)cc2)C1c1ccc(I)cc1. The van der Waals surface area contributed by atoms with Crippen molar-refractivity contribution in [2.45, 2.75) is 6.04 Å². The number of Topliss-reactive ketones (excluding diaryl/α,β-unsaturated/α-hetero) is 1. The topological polar surface area (TPSA) is 57.6 Å². The summed E-state index contributed by atoms with van der Waals surface area (Å²) in [6.45, 7) is 0. The summed E-state index contributed by atoms with van der Waals surface area (Å²) in [5.41, 5.74) is 1.40. The Morgan fingerprint density at radius 1 is 1.08 bits per heavy atom. The maximum absolute atomic E-state index is 12.4. The molecule has 24 heavy (non-hydrogen) atoms. The second-order valence-corrected chi connectivity index (χ2v) is 7.63. The lowest BCUT2D eigenvalue weighted by Crippen LogP contribution is -2.24. The molecule has 1 amide bonds. The molecule has 0 spiro atoms. The Kier molecular flexibility index (Phi) is 4.78. The van der Waals surface area contributed by atoms with Crippen molar-refractivity contribution >= 4 is 56.0 Å². The van der Waals surface area contributed by atoms with Crippen molar-refractivity contribution in [2.24, 2.45) is 0 Å². The predicted molar refractivity (Wildman–Crippen MR) is 103 cm³/mol. The highest BCUT2D eigenvalue weighted by atomic mass is 127. The fourth-order valence-electron chi connectivity index (χ4n) is 2.75. The molecule has 1 aliphatic rings. The molecule has 2 aromatic carbocycles. The van der Waals surface area contributed by atoms with E-state index < -0.39 is 17.7 Å². The second-order valence-electron chi connectivity index (χ2n) is 5.47. The van der Waals surface area contributed by atoms with Crippen molar-refractivity contribution < 1.29 is 14.7 Å². The molecule has 0 radical (unpaired) electrons. The molecule has 1 fully saturated rings. The van der Waals surface area contributed by atoms with Crippen LogP contribution in [0.25, 0.3) is 5.76 Å². The van der Waals surface area contributed by atoms with Crippen molar-refractivity contribution in [3.8, 4) is 0 Å². The van der Waals surface area contributed by atoms with E-state index in [1.54, 1.807) is 31.3 Å². The van der Waals surface area contributed by atoms with Gasteiger partial charge < -0.3 is 10.0 Å². The van der Waals surface area contributed by atoms with E-state index in [4.69, 9.17) is 0 Å². The van der Waals surface area contributed by atoms with Crippen LogP contribution in [0.4, 0.5) is 0 Å². The van der Waals surface area contributed by atoms with Gasteiger partial charge in [0.05, 0.1) is 11.6 Å². The first-order chi connectivity index (χ1) is 11.4. The number of hydrogen-bond acceptors (Lipinski definition) is 3. The largest absolute Gasteiger partial charge is 0.507 e. The molecule has 1 atom stereocenters. The first-order valence-electron chi connectivity index (χ1n) is 7.16. The Hall–Kier alpha value is -1.67. The number of halogens is 2. The molecule has 2 aromatic rings. The van der Waals surface area contributed by atoms with E-state index in [0.29, 0.717) is 5.56 Å². The van der Waals surface area contributed by atoms with Gasteiger partial charge in [-0.15, -0.1) is 0 Å². The fourth-order valence-corrected chi connectivity index (χ4v) is 3.37. The van der Waals surface area contributed by atoms with Gasteiger partial charge in [0.1, 0.15) is 5.76 Å². The second kappa shape index (κ2) is 6.68. The number of ketones is 1. The molecular formula is C18H13BrINO3. The van der Waals surface area contributed by atoms with Gasteiger partial charge in [-0.05, 0) is 52.4 Å². The molecule has 4 nitrogen and oxygen atoms in total. The number of rotatable bonds is 2. The number of carbonyl (C=O) groups excluding carboxylic acids is 2. The Bertz CT molecular complexity index is 844. The van der Waals surface area contributed by atoms with Gasteiger partial charge in [0, 0.05) is 20.7 Å². The number of aliphatic hydroxyl groups excluding tert-OH is 1. The van der Waals surface area contributed by atoms with Crippen LogP contribution in [-0.2, 0) is 9.59 Å². The standard InChI is InChI=1S/C18H13BrINO3/c1-21-15(10-4-8-13(20)9-5-10)14(17(23)18(21)24)16(22)11-2-6-12(19)7-3-11/h2-9,15,22H,1H3/b16-14+. The number of likely N-dealkylation sites (tertiary alicyclic amines) is 1. The highest BCUT2D eigenvalue weighted by molar-refractivity contribution is 14.1. The van der Waals surface area contributed by atoms with Gasteiger partial charge in [0.15, 0.2) is 0 Å². The van der Waals surface area contributed by atoms with Crippen LogP contribution in [0.3, 0.4) is 0 Å². The summed E-state index contributed by atoms with van der Waals surface area (Å²) in [7, 11) is 1.57. The third-order valence-electron chi connectivity index (χ3n) is 3.98. The molecule has 0 aromatic heterocycles. The lowest BCUT2D eigenvalue weighted by molar-refractivity contribution is -0.139. The molecule has 0 saturated carbocycles. The minimum absolute atomic E-state index is 0.117. The molecule has 1 N–H and O–H groups in total. The summed E-state index contributed by atoms with van der Waals surface area (Å²) in [5.74, 6) is -1.44. The van der Waals surface area contributed by atoms with Crippen molar-refractivity contribution in [1.29, 1.82) is 0 Å². The molecule has 122 valence electrons. The summed E-state index contributed by atoms with van der Waals surface area (Å²) in [4.78, 5) is 26.0. The van der Waals surface area contributed by atoms with Crippen molar-refractivity contribution in [1.82, 2.24) is 4.90 Å². The zero-order chi connectivity index (χ0) is 17.4. The zero-order valence-corrected chi connectivity index (χ0v) is 16.4. The van der Waals surface area contributed by atoms with Crippen LogP contribution in [0.15, 0.2) is 58.6 Å². The van der Waals surface area contributed by atoms with Gasteiger partial charge in [0.2, 0.25) is 0 Å². The maximum Gasteiger partial charge on any atom is 0.295 e. The van der Waals surface area contributed by atoms with Gasteiger partial charge in [-0.25, -0.2) is 0 Å². The van der Waals surface area contributed by atoms with Crippen LogP contribution < -0.4 is 0 Å². The number of nitrogens with zero attached hydrogens (tertiary/aromatic N) is 1. The van der Waals surface area contributed by atoms with E-state index in [1.807, 2.05) is 24.3 Å². The van der Waals surface area contributed by atoms with Crippen LogP contribution in [0.1, 0.15) is 17.2 Å². The first-order valence-corrected chi connectivity index (χ1v) is 9.03. The number of amides is 1. The fraction of sp³-hybridized carbons (Fsp3) is 0.111. The highest BCUT2D eigenvalue weighted by Crippen LogP contribution is 2.38. The minimum Gasteiger partial charge on any atom is -0.507 e. The molecule has 0 bridgehead atoms. The summed E-state index contributed by atoms with van der Waals surface area (Å²) < 4.78 is 1.92. The van der Waals surface area contributed by atoms with Crippen molar-refractivity contribution in [3.05, 3.63) is 73.3 Å². The lowest BCUT2D eigenvalue weighted by atomic mass is 9.95. The van der Waals surface area contributed by atoms with E-state index in [2.05, 4.69) is 38.5 Å². The third kappa shape index (κ3) is 3.00. The normalized spacial score (nSPS) is 19.8. The lowest BCUT2D eigenvalue weighted by Gasteiger charge is -2.21. The number of likely N-dealkylation sites (N-methyl/N-ethyl adjacent to an activating group) is 1. The molecule has 1 unspecified atom stereocenters. The molecule has 0 aliphatic carbocycles. The van der Waals surface area contributed by atoms with Crippen LogP contribution in [0, 0.1) is 3.57 Å². The van der Waals surface area contributed by atoms with E-state index in [9.17, 15) is 14.7 Å². The summed E-state index contributed by atoms with van der Waals surface area (Å²) >= 11 is 5.53. The summed E-state index contributed by atoms with van der Waals surface area (Å²) in [6.07, 6.45) is 0. The zero-order valence-electron chi connectivity index (χ0n) is 12.7. The van der Waals surface area contributed by atoms with E-state index in [-0.39, 0.29) is 11.3 Å². The van der Waals surface area contributed by atoms with Crippen LogP contribution in [0.2, 0.25) is 0 Å². The number of aliphatic hydroxyl groups is 1. The quantitative estimate of drug-likeness (QED) is 0.294. The van der Waals surface area contributed by atoms with Gasteiger partial charge in [-0.3, -0.25) is 9.59 Å². The van der Waals surface area contributed by atoms with E-state index >= 15 is 0 Å². The predicted octanol–water partition coefficient (Wildman–Crippen LogP) is 4.11. The van der Waals surface area contributed by atoms with Gasteiger partial charge in [-0.2, -0.15) is 0 Å². The van der Waals surface area contributed by atoms with Crippen LogP contribution >= 0.6 is 38.5 Å². The Morgan fingerprint density at radius 3 is 2.25 bits per heavy atom. The molecule has 6 heteroatoms. The van der Waals surface area contributed by atoms with Crippen LogP contribution in [-0.4, -0.2) is 28.7 Å². The summed E-state index contributed by atoms with van der Waals surface area (Å²) in [6, 6.07) is 13.9. The minimum atomic E-state index is -0.665. The smallest absolute Gasteiger partial charge is 0.295 e. The Labute approximate surface area is 161 Å². The van der Waals surface area contributed by atoms with E-state index in [1.165, 1.54) is 4.90 Å². The molecule has 1 aliphatic heterocycles. The van der Waals surface area contributed by atoms with Crippen molar-refractivity contribution in [3.63, 3.8) is 0 Å². The molecule has 1 saturated heterocycles. The highest BCUT2D eigenvalue weighted by Gasteiger charge is 2.44. The Morgan fingerprint density at radius 2 is 1.67 bits per heavy atom. The van der Waals surface area contributed by atoms with Crippen LogP contribution in [0.5, 0.6) is 0 Å². The molecule has 3 rings (SSSR count). The Balaban J connectivity index is 2.16. The number of benzene rings is 2. The average molecular weight is 498 g/mol. The summed E-state index contributed by atoms with van der Waals surface area (Å²) in [5, 5.41) is 10.7. The van der Waals surface area contributed by atoms with Gasteiger partial charge >= 0.3 is 0 Å². The third-order valence-corrected chi connectivity index (χ3v) is 5.23. The molecule has 1 heterocycles. The van der Waals surface area contributed by atoms with E-state index in [0.717, 1.165) is 13.6 Å². The number of carbonyl (C=O) groups is 2. The molecular weight excluding hydrogens is 485 g/mol. The maximum atomic E-state index is 12.4. The van der Waals surface area contributed by atoms with Gasteiger partial charge in [0.25, 0.3) is 11.7 Å². The number of hydrogen-bond donors (Lipinski definition) is 1.